The fraction of sp³-hybridized carbons (Fsp3) is 0.154. The van der Waals surface area contributed by atoms with Gasteiger partial charge in [-0.15, -0.1) is 0 Å². The van der Waals surface area contributed by atoms with E-state index in [1.165, 1.54) is 0 Å². The van der Waals surface area contributed by atoms with E-state index in [1.54, 1.807) is 13.2 Å². The smallest absolute Gasteiger partial charge is 0.188 e. The van der Waals surface area contributed by atoms with Gasteiger partial charge in [-0.1, -0.05) is 30.3 Å². The second-order valence-electron chi connectivity index (χ2n) is 3.32. The van der Waals surface area contributed by atoms with Gasteiger partial charge in [-0.05, 0) is 11.5 Å². The van der Waals surface area contributed by atoms with E-state index in [0.29, 0.717) is 11.3 Å². The molecule has 0 amide bonds. The Morgan fingerprint density at radius 2 is 2.00 bits per heavy atom. The van der Waals surface area contributed by atoms with E-state index in [1.807, 2.05) is 30.3 Å². The first-order valence-electron chi connectivity index (χ1n) is 4.90. The van der Waals surface area contributed by atoms with Crippen molar-refractivity contribution in [3.63, 3.8) is 0 Å². The van der Waals surface area contributed by atoms with E-state index in [9.17, 15) is 0 Å². The molecule has 0 atom stereocenters. The van der Waals surface area contributed by atoms with Gasteiger partial charge in [0, 0.05) is 12.5 Å². The van der Waals surface area contributed by atoms with Crippen LogP contribution in [0.25, 0.3) is 10.8 Å². The quantitative estimate of drug-likeness (QED) is 0.736. The molecule has 2 aromatic carbocycles. The van der Waals surface area contributed by atoms with Crippen LogP contribution in [0.4, 0.5) is 0 Å². The molecular formula is C13H11NO2. The second-order valence-corrected chi connectivity index (χ2v) is 3.32. The lowest BCUT2D eigenvalue weighted by Gasteiger charge is -2.08. The molecular weight excluding hydrogens is 202 g/mol. The molecule has 2 rings (SSSR count). The molecule has 3 nitrogen and oxygen atoms in total. The molecule has 3 heteroatoms. The molecule has 0 radical (unpaired) electrons. The summed E-state index contributed by atoms with van der Waals surface area (Å²) >= 11 is 0. The maximum Gasteiger partial charge on any atom is 0.188 e. The van der Waals surface area contributed by atoms with Crippen LogP contribution in [0.2, 0.25) is 0 Å². The maximum absolute atomic E-state index is 9.14. The number of ether oxygens (including phenoxy) is 2. The van der Waals surface area contributed by atoms with Gasteiger partial charge in [-0.25, -0.2) is 0 Å². The SMILES string of the molecule is COCOc1ccc2ccccc2c1C#N. The number of methoxy groups -OCH3 is 1. The number of nitrogens with zero attached hydrogens (tertiary/aromatic N) is 1. The van der Waals surface area contributed by atoms with E-state index in [-0.39, 0.29) is 6.79 Å². The molecule has 0 saturated carbocycles. The first-order valence-corrected chi connectivity index (χ1v) is 4.90. The van der Waals surface area contributed by atoms with Crippen LogP contribution in [0.3, 0.4) is 0 Å². The summed E-state index contributed by atoms with van der Waals surface area (Å²) in [6.45, 7) is 0.146. The summed E-state index contributed by atoms with van der Waals surface area (Å²) in [7, 11) is 1.55. The van der Waals surface area contributed by atoms with Crippen molar-refractivity contribution in [2.45, 2.75) is 0 Å². The first kappa shape index (κ1) is 10.5. The third-order valence-electron chi connectivity index (χ3n) is 2.33. The lowest BCUT2D eigenvalue weighted by molar-refractivity contribution is 0.0510. The Balaban J connectivity index is 2.55. The Kier molecular flexibility index (Phi) is 3.04. The van der Waals surface area contributed by atoms with Gasteiger partial charge in [-0.3, -0.25) is 0 Å². The zero-order valence-corrected chi connectivity index (χ0v) is 8.93. The fourth-order valence-electron chi connectivity index (χ4n) is 1.61. The summed E-state index contributed by atoms with van der Waals surface area (Å²) in [6, 6.07) is 13.6. The number of benzene rings is 2. The highest BCUT2D eigenvalue weighted by molar-refractivity contribution is 5.90. The minimum Gasteiger partial charge on any atom is -0.466 e. The van der Waals surface area contributed by atoms with Gasteiger partial charge in [0.15, 0.2) is 6.79 Å². The third-order valence-corrected chi connectivity index (χ3v) is 2.33. The van der Waals surface area contributed by atoms with Crippen LogP contribution in [0.1, 0.15) is 5.56 Å². The zero-order valence-electron chi connectivity index (χ0n) is 8.93. The number of nitriles is 1. The summed E-state index contributed by atoms with van der Waals surface area (Å²) in [5.41, 5.74) is 0.551. The molecule has 80 valence electrons. The molecule has 0 aliphatic carbocycles. The highest BCUT2D eigenvalue weighted by Gasteiger charge is 2.07. The van der Waals surface area contributed by atoms with Gasteiger partial charge in [-0.2, -0.15) is 5.26 Å². The van der Waals surface area contributed by atoms with Crippen LogP contribution in [0.5, 0.6) is 5.75 Å². The molecule has 0 heterocycles. The Hall–Kier alpha value is -2.05. The minimum absolute atomic E-state index is 0.146. The molecule has 0 aliphatic rings. The van der Waals surface area contributed by atoms with Crippen LogP contribution in [-0.4, -0.2) is 13.9 Å². The van der Waals surface area contributed by atoms with Crippen molar-refractivity contribution in [3.8, 4) is 11.8 Å². The van der Waals surface area contributed by atoms with E-state index >= 15 is 0 Å². The van der Waals surface area contributed by atoms with E-state index in [0.717, 1.165) is 10.8 Å². The average molecular weight is 213 g/mol. The van der Waals surface area contributed by atoms with Crippen LogP contribution < -0.4 is 4.74 Å². The number of fused-ring (bicyclic) bond motifs is 1. The average Bonchev–Trinajstić information content (AvgIpc) is 2.35. The predicted molar refractivity (Wildman–Crippen MR) is 61.2 cm³/mol. The first-order chi connectivity index (χ1) is 7.86. The van der Waals surface area contributed by atoms with Crippen molar-refractivity contribution in [1.82, 2.24) is 0 Å². The highest BCUT2D eigenvalue weighted by Crippen LogP contribution is 2.27. The summed E-state index contributed by atoms with van der Waals surface area (Å²) in [5.74, 6) is 0.558. The Morgan fingerprint density at radius 1 is 1.19 bits per heavy atom. The van der Waals surface area contributed by atoms with E-state index in [4.69, 9.17) is 14.7 Å². The van der Waals surface area contributed by atoms with Crippen molar-refractivity contribution >= 4 is 10.8 Å². The lowest BCUT2D eigenvalue weighted by Crippen LogP contribution is -2.00. The Bertz CT molecular complexity index is 543. The third kappa shape index (κ3) is 1.83. The van der Waals surface area contributed by atoms with Crippen molar-refractivity contribution in [2.75, 3.05) is 13.9 Å². The van der Waals surface area contributed by atoms with Crippen LogP contribution in [0.15, 0.2) is 36.4 Å². The van der Waals surface area contributed by atoms with Crippen molar-refractivity contribution < 1.29 is 9.47 Å². The maximum atomic E-state index is 9.14. The normalized spacial score (nSPS) is 10.0. The van der Waals surface area contributed by atoms with Gasteiger partial charge in [0.1, 0.15) is 17.4 Å². The fourth-order valence-corrected chi connectivity index (χ4v) is 1.61. The number of rotatable bonds is 3. The molecule has 0 saturated heterocycles. The number of hydrogen-bond acceptors (Lipinski definition) is 3. The largest absolute Gasteiger partial charge is 0.466 e. The Morgan fingerprint density at radius 3 is 2.75 bits per heavy atom. The van der Waals surface area contributed by atoms with E-state index in [2.05, 4.69) is 6.07 Å². The van der Waals surface area contributed by atoms with Crippen molar-refractivity contribution in [2.24, 2.45) is 0 Å². The molecule has 0 N–H and O–H groups in total. The molecule has 0 aliphatic heterocycles. The van der Waals surface area contributed by atoms with Crippen molar-refractivity contribution in [1.29, 1.82) is 5.26 Å². The van der Waals surface area contributed by atoms with Crippen LogP contribution in [0, 0.1) is 11.3 Å². The summed E-state index contributed by atoms with van der Waals surface area (Å²) < 4.78 is 10.2. The van der Waals surface area contributed by atoms with Gasteiger partial charge < -0.3 is 9.47 Å². The number of hydrogen-bond donors (Lipinski definition) is 0. The topological polar surface area (TPSA) is 42.2 Å². The Labute approximate surface area is 93.8 Å². The van der Waals surface area contributed by atoms with E-state index < -0.39 is 0 Å². The molecule has 0 unspecified atom stereocenters. The van der Waals surface area contributed by atoms with Crippen LogP contribution in [-0.2, 0) is 4.74 Å². The molecule has 0 spiro atoms. The monoisotopic (exact) mass is 213 g/mol. The predicted octanol–water partition coefficient (Wildman–Crippen LogP) is 2.69. The van der Waals surface area contributed by atoms with Gasteiger partial charge in [0.2, 0.25) is 0 Å². The standard InChI is InChI=1S/C13H11NO2/c1-15-9-16-13-7-6-10-4-2-3-5-11(10)12(13)8-14/h2-7H,9H2,1H3. The summed E-state index contributed by atoms with van der Waals surface area (Å²) in [5, 5.41) is 11.1. The zero-order chi connectivity index (χ0) is 11.4. The second kappa shape index (κ2) is 4.65. The summed E-state index contributed by atoms with van der Waals surface area (Å²) in [6.07, 6.45) is 0. The summed E-state index contributed by atoms with van der Waals surface area (Å²) in [4.78, 5) is 0. The lowest BCUT2D eigenvalue weighted by atomic mass is 10.0. The molecule has 0 aromatic heterocycles. The highest BCUT2D eigenvalue weighted by atomic mass is 16.7. The van der Waals surface area contributed by atoms with Gasteiger partial charge >= 0.3 is 0 Å². The molecule has 2 aromatic rings. The van der Waals surface area contributed by atoms with Gasteiger partial charge in [0.05, 0.1) is 0 Å². The minimum atomic E-state index is 0.146. The molecule has 0 bridgehead atoms. The van der Waals surface area contributed by atoms with Gasteiger partial charge in [0.25, 0.3) is 0 Å². The van der Waals surface area contributed by atoms with Crippen molar-refractivity contribution in [3.05, 3.63) is 42.0 Å². The molecule has 16 heavy (non-hydrogen) atoms. The molecule has 0 fully saturated rings. The van der Waals surface area contributed by atoms with Crippen LogP contribution >= 0.6 is 0 Å².